The molecule has 0 aliphatic carbocycles. The van der Waals surface area contributed by atoms with E-state index in [0.717, 1.165) is 0 Å². The first-order chi connectivity index (χ1) is 6.65. The smallest absolute Gasteiger partial charge is 0.252 e. The van der Waals surface area contributed by atoms with Crippen LogP contribution in [0, 0.1) is 0 Å². The highest BCUT2D eigenvalue weighted by atomic mass is 35.5. The first kappa shape index (κ1) is 11.4. The number of carbonyl (C=O) groups excluding carboxylic acids is 1. The fourth-order valence-electron chi connectivity index (χ4n) is 0.968. The van der Waals surface area contributed by atoms with Gasteiger partial charge in [-0.1, -0.05) is 11.6 Å². The Labute approximate surface area is 93.0 Å². The predicted octanol–water partition coefficient (Wildman–Crippen LogP) is 1.32. The summed E-state index contributed by atoms with van der Waals surface area (Å²) in [5.41, 5.74) is 5.68. The van der Waals surface area contributed by atoms with Gasteiger partial charge in [-0.25, -0.2) is 0 Å². The number of hydrogen-bond donors (Lipinski definition) is 3. The van der Waals surface area contributed by atoms with Gasteiger partial charge in [-0.3, -0.25) is 4.79 Å². The van der Waals surface area contributed by atoms with Gasteiger partial charge in [0, 0.05) is 18.0 Å². The standard InChI is InChI=1S/C9H11ClN2OS/c10-8-2-1-6(14)5-7(8)9(13)12-4-3-11/h1-2,5,14H,3-4,11H2,(H,12,13). The molecule has 0 saturated carbocycles. The summed E-state index contributed by atoms with van der Waals surface area (Å²) in [5, 5.41) is 3.05. The lowest BCUT2D eigenvalue weighted by Gasteiger charge is -2.05. The number of rotatable bonds is 3. The molecule has 0 saturated heterocycles. The van der Waals surface area contributed by atoms with E-state index < -0.39 is 0 Å². The van der Waals surface area contributed by atoms with E-state index in [1.54, 1.807) is 18.2 Å². The number of carbonyl (C=O) groups is 1. The molecule has 3 N–H and O–H groups in total. The lowest BCUT2D eigenvalue weighted by Crippen LogP contribution is -2.29. The second-order valence-corrected chi connectivity index (χ2v) is 3.63. The second kappa shape index (κ2) is 5.24. The van der Waals surface area contributed by atoms with Crippen LogP contribution >= 0.6 is 24.2 Å². The Morgan fingerprint density at radius 2 is 2.29 bits per heavy atom. The monoisotopic (exact) mass is 230 g/mol. The molecule has 0 aromatic heterocycles. The predicted molar refractivity (Wildman–Crippen MR) is 60.1 cm³/mol. The molecule has 1 amide bonds. The molecule has 1 aromatic carbocycles. The van der Waals surface area contributed by atoms with Crippen LogP contribution in [0.3, 0.4) is 0 Å². The van der Waals surface area contributed by atoms with Crippen LogP contribution in [-0.4, -0.2) is 19.0 Å². The normalized spacial score (nSPS) is 9.93. The Morgan fingerprint density at radius 3 is 2.93 bits per heavy atom. The minimum absolute atomic E-state index is 0.226. The molecule has 1 rings (SSSR count). The lowest BCUT2D eigenvalue weighted by atomic mass is 10.2. The first-order valence-corrected chi connectivity index (χ1v) is 4.94. The van der Waals surface area contributed by atoms with Gasteiger partial charge in [0.05, 0.1) is 10.6 Å². The van der Waals surface area contributed by atoms with Crippen LogP contribution in [0.25, 0.3) is 0 Å². The molecular weight excluding hydrogens is 220 g/mol. The molecule has 1 aromatic rings. The minimum Gasteiger partial charge on any atom is -0.351 e. The van der Waals surface area contributed by atoms with Gasteiger partial charge in [0.1, 0.15) is 0 Å². The fourth-order valence-corrected chi connectivity index (χ4v) is 1.38. The van der Waals surface area contributed by atoms with E-state index in [-0.39, 0.29) is 5.91 Å². The van der Waals surface area contributed by atoms with E-state index in [1.807, 2.05) is 0 Å². The van der Waals surface area contributed by atoms with Crippen molar-refractivity contribution in [1.82, 2.24) is 5.32 Å². The van der Waals surface area contributed by atoms with E-state index in [9.17, 15) is 4.79 Å². The van der Waals surface area contributed by atoms with Gasteiger partial charge in [0.15, 0.2) is 0 Å². The average molecular weight is 231 g/mol. The number of halogens is 1. The number of thiol groups is 1. The number of nitrogens with two attached hydrogens (primary N) is 1. The molecule has 5 heteroatoms. The van der Waals surface area contributed by atoms with Crippen molar-refractivity contribution in [3.63, 3.8) is 0 Å². The average Bonchev–Trinajstić information content (AvgIpc) is 2.18. The highest BCUT2D eigenvalue weighted by Gasteiger charge is 2.09. The maximum atomic E-state index is 11.5. The fraction of sp³-hybridized carbons (Fsp3) is 0.222. The minimum atomic E-state index is -0.226. The van der Waals surface area contributed by atoms with Crippen molar-refractivity contribution >= 4 is 30.1 Å². The maximum Gasteiger partial charge on any atom is 0.252 e. The van der Waals surface area contributed by atoms with Gasteiger partial charge in [0.2, 0.25) is 0 Å². The Balaban J connectivity index is 2.83. The van der Waals surface area contributed by atoms with Crippen molar-refractivity contribution in [3.05, 3.63) is 28.8 Å². The zero-order valence-electron chi connectivity index (χ0n) is 7.46. The quantitative estimate of drug-likeness (QED) is 0.686. The number of hydrogen-bond acceptors (Lipinski definition) is 3. The second-order valence-electron chi connectivity index (χ2n) is 2.71. The van der Waals surface area contributed by atoms with Crippen LogP contribution in [0.5, 0.6) is 0 Å². The van der Waals surface area contributed by atoms with Gasteiger partial charge >= 0.3 is 0 Å². The molecule has 0 aliphatic heterocycles. The highest BCUT2D eigenvalue weighted by Crippen LogP contribution is 2.19. The molecule has 0 spiro atoms. The zero-order chi connectivity index (χ0) is 10.6. The van der Waals surface area contributed by atoms with Gasteiger partial charge < -0.3 is 11.1 Å². The van der Waals surface area contributed by atoms with Gasteiger partial charge in [0.25, 0.3) is 5.91 Å². The molecule has 0 unspecified atom stereocenters. The highest BCUT2D eigenvalue weighted by molar-refractivity contribution is 7.80. The van der Waals surface area contributed by atoms with E-state index >= 15 is 0 Å². The molecule has 0 radical (unpaired) electrons. The van der Waals surface area contributed by atoms with E-state index in [0.29, 0.717) is 28.6 Å². The summed E-state index contributed by atoms with van der Waals surface area (Å²) in [6.45, 7) is 0.843. The molecule has 0 aliphatic rings. The molecule has 0 atom stereocenters. The molecule has 0 fully saturated rings. The third-order valence-electron chi connectivity index (χ3n) is 1.62. The summed E-state index contributed by atoms with van der Waals surface area (Å²) in [5.74, 6) is -0.226. The van der Waals surface area contributed by atoms with E-state index in [1.165, 1.54) is 0 Å². The van der Waals surface area contributed by atoms with Crippen LogP contribution < -0.4 is 11.1 Å². The summed E-state index contributed by atoms with van der Waals surface area (Å²) in [6, 6.07) is 4.99. The van der Waals surface area contributed by atoms with Crippen molar-refractivity contribution in [2.24, 2.45) is 5.73 Å². The molecule has 3 nitrogen and oxygen atoms in total. The van der Waals surface area contributed by atoms with Crippen LogP contribution in [-0.2, 0) is 0 Å². The summed E-state index contributed by atoms with van der Waals surface area (Å²) in [7, 11) is 0. The van der Waals surface area contributed by atoms with Gasteiger partial charge in [-0.2, -0.15) is 0 Å². The van der Waals surface area contributed by atoms with Crippen molar-refractivity contribution in [2.45, 2.75) is 4.90 Å². The third-order valence-corrected chi connectivity index (χ3v) is 2.23. The maximum absolute atomic E-state index is 11.5. The van der Waals surface area contributed by atoms with Crippen molar-refractivity contribution in [2.75, 3.05) is 13.1 Å². The Kier molecular flexibility index (Phi) is 4.25. The summed E-state index contributed by atoms with van der Waals surface area (Å²) in [4.78, 5) is 12.2. The van der Waals surface area contributed by atoms with Gasteiger partial charge in [-0.15, -0.1) is 12.6 Å². The van der Waals surface area contributed by atoms with Crippen LogP contribution in [0.1, 0.15) is 10.4 Å². The zero-order valence-corrected chi connectivity index (χ0v) is 9.11. The van der Waals surface area contributed by atoms with E-state index in [2.05, 4.69) is 17.9 Å². The molecule has 0 bridgehead atoms. The van der Waals surface area contributed by atoms with Crippen molar-refractivity contribution in [3.8, 4) is 0 Å². The van der Waals surface area contributed by atoms with Crippen LogP contribution in [0.2, 0.25) is 5.02 Å². The van der Waals surface area contributed by atoms with Crippen LogP contribution in [0.4, 0.5) is 0 Å². The molecular formula is C9H11ClN2OS. The van der Waals surface area contributed by atoms with Crippen molar-refractivity contribution in [1.29, 1.82) is 0 Å². The van der Waals surface area contributed by atoms with Crippen molar-refractivity contribution < 1.29 is 4.79 Å². The Hall–Kier alpha value is -0.710. The first-order valence-electron chi connectivity index (χ1n) is 4.12. The molecule has 0 heterocycles. The SMILES string of the molecule is NCCNC(=O)c1cc(S)ccc1Cl. The van der Waals surface area contributed by atoms with Gasteiger partial charge in [-0.05, 0) is 18.2 Å². The van der Waals surface area contributed by atoms with Crippen LogP contribution in [0.15, 0.2) is 23.1 Å². The largest absolute Gasteiger partial charge is 0.351 e. The molecule has 14 heavy (non-hydrogen) atoms. The number of nitrogens with one attached hydrogen (secondary N) is 1. The Morgan fingerprint density at radius 1 is 1.57 bits per heavy atom. The topological polar surface area (TPSA) is 55.1 Å². The van der Waals surface area contributed by atoms with E-state index in [4.69, 9.17) is 17.3 Å². The lowest BCUT2D eigenvalue weighted by molar-refractivity contribution is 0.0954. The third kappa shape index (κ3) is 2.90. The molecule has 76 valence electrons. The summed E-state index contributed by atoms with van der Waals surface area (Å²) in [6.07, 6.45) is 0. The number of amides is 1. The number of benzene rings is 1. The summed E-state index contributed by atoms with van der Waals surface area (Å²) >= 11 is 9.97. The summed E-state index contributed by atoms with van der Waals surface area (Å²) < 4.78 is 0. The Bertz CT molecular complexity index is 344.